The molecular formula is C30H28N2O3. The maximum Gasteiger partial charge on any atom is 0.335 e. The van der Waals surface area contributed by atoms with Gasteiger partial charge in [0.2, 0.25) is 5.91 Å². The Hall–Kier alpha value is -3.99. The predicted molar refractivity (Wildman–Crippen MR) is 137 cm³/mol. The highest BCUT2D eigenvalue weighted by Gasteiger charge is 2.43. The molecule has 5 heteroatoms. The number of aromatic nitrogens is 1. The van der Waals surface area contributed by atoms with Gasteiger partial charge in [0.25, 0.3) is 0 Å². The molecule has 0 aliphatic heterocycles. The summed E-state index contributed by atoms with van der Waals surface area (Å²) in [5.74, 6) is -0.475. The molecule has 0 bridgehead atoms. The summed E-state index contributed by atoms with van der Waals surface area (Å²) in [5.41, 5.74) is 5.23. The maximum absolute atomic E-state index is 12.8. The van der Waals surface area contributed by atoms with Crippen molar-refractivity contribution < 1.29 is 14.7 Å². The Labute approximate surface area is 204 Å². The van der Waals surface area contributed by atoms with E-state index in [-0.39, 0.29) is 17.7 Å². The first kappa shape index (κ1) is 22.8. The van der Waals surface area contributed by atoms with Crippen molar-refractivity contribution >= 4 is 22.6 Å². The quantitative estimate of drug-likeness (QED) is 0.344. The molecule has 1 aliphatic carbocycles. The molecule has 2 unspecified atom stereocenters. The molecule has 35 heavy (non-hydrogen) atoms. The molecule has 1 aliphatic rings. The van der Waals surface area contributed by atoms with E-state index in [9.17, 15) is 14.7 Å². The van der Waals surface area contributed by atoms with Crippen LogP contribution < -0.4 is 5.32 Å². The van der Waals surface area contributed by atoms with Gasteiger partial charge in [-0.3, -0.25) is 9.78 Å². The Bertz CT molecular complexity index is 1410. The first-order chi connectivity index (χ1) is 17.0. The van der Waals surface area contributed by atoms with Gasteiger partial charge < -0.3 is 10.4 Å². The Morgan fingerprint density at radius 3 is 2.51 bits per heavy atom. The molecule has 1 heterocycles. The number of carbonyl (C=O) groups excluding carboxylic acids is 1. The predicted octanol–water partition coefficient (Wildman–Crippen LogP) is 6.14. The number of carboxylic acid groups (broad SMARTS) is 1. The second kappa shape index (κ2) is 9.34. The van der Waals surface area contributed by atoms with Crippen molar-refractivity contribution in [2.45, 2.75) is 38.6 Å². The van der Waals surface area contributed by atoms with Gasteiger partial charge in [0.1, 0.15) is 0 Å². The Morgan fingerprint density at radius 1 is 0.971 bits per heavy atom. The van der Waals surface area contributed by atoms with Crippen LogP contribution in [0.4, 0.5) is 0 Å². The van der Waals surface area contributed by atoms with E-state index in [1.807, 2.05) is 62.5 Å². The number of aromatic carboxylic acids is 1. The van der Waals surface area contributed by atoms with Crippen LogP contribution in [0, 0.1) is 5.92 Å². The van der Waals surface area contributed by atoms with E-state index in [1.165, 1.54) is 5.56 Å². The van der Waals surface area contributed by atoms with Crippen molar-refractivity contribution in [3.05, 3.63) is 101 Å². The number of carbonyl (C=O) groups is 2. The molecule has 1 aromatic heterocycles. The molecule has 2 N–H and O–H groups in total. The summed E-state index contributed by atoms with van der Waals surface area (Å²) >= 11 is 0. The van der Waals surface area contributed by atoms with Gasteiger partial charge in [-0.1, -0.05) is 68.4 Å². The minimum atomic E-state index is -0.922. The summed E-state index contributed by atoms with van der Waals surface area (Å²) in [7, 11) is 0. The number of carboxylic acids is 1. The van der Waals surface area contributed by atoms with Crippen LogP contribution >= 0.6 is 0 Å². The molecule has 176 valence electrons. The smallest absolute Gasteiger partial charge is 0.335 e. The van der Waals surface area contributed by atoms with E-state index in [0.29, 0.717) is 18.0 Å². The summed E-state index contributed by atoms with van der Waals surface area (Å²) in [6, 6.07) is 21.6. The van der Waals surface area contributed by atoms with Crippen molar-refractivity contribution in [3.8, 4) is 11.1 Å². The summed E-state index contributed by atoms with van der Waals surface area (Å²) in [5, 5.41) is 14.8. The lowest BCUT2D eigenvalue weighted by Gasteiger charge is -2.18. The van der Waals surface area contributed by atoms with E-state index >= 15 is 0 Å². The lowest BCUT2D eigenvalue weighted by molar-refractivity contribution is -0.122. The number of nitrogens with one attached hydrogen (secondary N) is 1. The van der Waals surface area contributed by atoms with Gasteiger partial charge in [-0.25, -0.2) is 4.79 Å². The van der Waals surface area contributed by atoms with Gasteiger partial charge in [0.05, 0.1) is 5.56 Å². The van der Waals surface area contributed by atoms with Crippen LogP contribution in [0.15, 0.2) is 79.1 Å². The molecule has 0 spiro atoms. The van der Waals surface area contributed by atoms with Crippen LogP contribution in [-0.4, -0.2) is 22.0 Å². The first-order valence-electron chi connectivity index (χ1n) is 12.0. The third-order valence-corrected chi connectivity index (χ3v) is 6.92. The molecule has 1 fully saturated rings. The Balaban J connectivity index is 1.43. The highest BCUT2D eigenvalue weighted by molar-refractivity contribution is 6.01. The Kier molecular flexibility index (Phi) is 6.08. The number of amides is 1. The van der Waals surface area contributed by atoms with Gasteiger partial charge in [-0.2, -0.15) is 0 Å². The molecule has 5 rings (SSSR count). The lowest BCUT2D eigenvalue weighted by atomic mass is 9.86. The van der Waals surface area contributed by atoms with Crippen LogP contribution in [0.2, 0.25) is 0 Å². The number of benzene rings is 3. The van der Waals surface area contributed by atoms with E-state index in [2.05, 4.69) is 22.4 Å². The van der Waals surface area contributed by atoms with Crippen LogP contribution in [0.25, 0.3) is 21.9 Å². The van der Waals surface area contributed by atoms with Gasteiger partial charge in [0, 0.05) is 30.2 Å². The summed E-state index contributed by atoms with van der Waals surface area (Å²) in [6.07, 6.45) is 4.45. The fourth-order valence-corrected chi connectivity index (χ4v) is 5.11. The number of hydrogen-bond donors (Lipinski definition) is 2. The molecule has 1 amide bonds. The molecule has 3 aromatic carbocycles. The molecular weight excluding hydrogens is 436 g/mol. The van der Waals surface area contributed by atoms with E-state index in [4.69, 9.17) is 0 Å². The van der Waals surface area contributed by atoms with Crippen LogP contribution in [-0.2, 0) is 11.3 Å². The normalized spacial score (nSPS) is 16.9. The maximum atomic E-state index is 12.8. The zero-order chi connectivity index (χ0) is 24.5. The second-order valence-electron chi connectivity index (χ2n) is 9.50. The molecule has 5 nitrogen and oxygen atoms in total. The molecule has 0 saturated heterocycles. The third kappa shape index (κ3) is 4.42. The zero-order valence-electron chi connectivity index (χ0n) is 19.9. The number of fused-ring (bicyclic) bond motifs is 1. The summed E-state index contributed by atoms with van der Waals surface area (Å²) in [4.78, 5) is 29.1. The van der Waals surface area contributed by atoms with Crippen LogP contribution in [0.3, 0.4) is 0 Å². The largest absolute Gasteiger partial charge is 0.478 e. The third-order valence-electron chi connectivity index (χ3n) is 6.92. The standard InChI is InChI=1S/C30H28N2O3/c1-18(2)28-23(9-6-10-24(28)30(34)35)21-12-11-20(27-17-31-14-13-22(21)27)16-32-29(33)26-15-25(26)19-7-4-3-5-8-19/h3-14,17-18,25-26H,15-16H2,1-2H3,(H,32,33)(H,34,35). The number of nitrogens with zero attached hydrogens (tertiary/aromatic N) is 1. The average Bonchev–Trinajstić information content (AvgIpc) is 3.68. The van der Waals surface area contributed by atoms with Crippen LogP contribution in [0.5, 0.6) is 0 Å². The molecule has 0 radical (unpaired) electrons. The summed E-state index contributed by atoms with van der Waals surface area (Å²) < 4.78 is 0. The SMILES string of the molecule is CC(C)c1c(C(=O)O)cccc1-c1ccc(CNC(=O)C2CC2c2ccccc2)c2cnccc12. The number of rotatable bonds is 7. The van der Waals surface area contributed by atoms with Gasteiger partial charge >= 0.3 is 5.97 Å². The second-order valence-corrected chi connectivity index (χ2v) is 9.50. The first-order valence-corrected chi connectivity index (χ1v) is 12.0. The van der Waals surface area contributed by atoms with Gasteiger partial charge in [-0.05, 0) is 63.6 Å². The molecule has 4 aromatic rings. The summed E-state index contributed by atoms with van der Waals surface area (Å²) in [6.45, 7) is 4.45. The number of pyridine rings is 1. The van der Waals surface area contributed by atoms with Crippen molar-refractivity contribution in [2.24, 2.45) is 5.92 Å². The minimum absolute atomic E-state index is 0.0217. The van der Waals surface area contributed by atoms with E-state index in [0.717, 1.165) is 39.4 Å². The lowest BCUT2D eigenvalue weighted by Crippen LogP contribution is -2.25. The highest BCUT2D eigenvalue weighted by Crippen LogP contribution is 2.47. The highest BCUT2D eigenvalue weighted by atomic mass is 16.4. The van der Waals surface area contributed by atoms with Gasteiger partial charge in [-0.15, -0.1) is 0 Å². The zero-order valence-corrected chi connectivity index (χ0v) is 19.9. The number of hydrogen-bond acceptors (Lipinski definition) is 3. The van der Waals surface area contributed by atoms with E-state index in [1.54, 1.807) is 18.3 Å². The topological polar surface area (TPSA) is 79.3 Å². The van der Waals surface area contributed by atoms with Crippen molar-refractivity contribution in [1.29, 1.82) is 0 Å². The fourth-order valence-electron chi connectivity index (χ4n) is 5.11. The van der Waals surface area contributed by atoms with Crippen molar-refractivity contribution in [1.82, 2.24) is 10.3 Å². The van der Waals surface area contributed by atoms with Gasteiger partial charge in [0.15, 0.2) is 0 Å². The minimum Gasteiger partial charge on any atom is -0.478 e. The molecule has 1 saturated carbocycles. The molecule has 2 atom stereocenters. The average molecular weight is 465 g/mol. The van der Waals surface area contributed by atoms with E-state index < -0.39 is 5.97 Å². The van der Waals surface area contributed by atoms with Crippen molar-refractivity contribution in [2.75, 3.05) is 0 Å². The monoisotopic (exact) mass is 464 g/mol. The Morgan fingerprint density at radius 2 is 1.77 bits per heavy atom. The fraction of sp³-hybridized carbons (Fsp3) is 0.233. The van der Waals surface area contributed by atoms with Crippen molar-refractivity contribution in [3.63, 3.8) is 0 Å². The van der Waals surface area contributed by atoms with Crippen LogP contribution in [0.1, 0.15) is 59.2 Å².